The van der Waals surface area contributed by atoms with Gasteiger partial charge in [-0.3, -0.25) is 4.68 Å². The maximum absolute atomic E-state index is 12.0. The monoisotopic (exact) mass is 287 g/mol. The number of aliphatic hydroxyl groups is 1. The molecule has 0 spiro atoms. The van der Waals surface area contributed by atoms with Gasteiger partial charge in [0.15, 0.2) is 0 Å². The molecule has 0 fully saturated rings. The number of nitrogens with zero attached hydrogens (tertiary/aromatic N) is 2. The molecule has 0 unspecified atom stereocenters. The highest BCUT2D eigenvalue weighted by Gasteiger charge is 2.19. The smallest absolute Gasteiger partial charge is 0.242 e. The van der Waals surface area contributed by atoms with Crippen molar-refractivity contribution in [3.63, 3.8) is 0 Å². The van der Waals surface area contributed by atoms with Gasteiger partial charge in [0.05, 0.1) is 23.7 Å². The molecule has 2 heterocycles. The van der Waals surface area contributed by atoms with Crippen LogP contribution in [0.3, 0.4) is 0 Å². The second-order valence-corrected chi connectivity index (χ2v) is 6.37. The van der Waals surface area contributed by atoms with E-state index in [2.05, 4.69) is 9.82 Å². The summed E-state index contributed by atoms with van der Waals surface area (Å²) < 4.78 is 28.2. The molecule has 18 heavy (non-hydrogen) atoms. The first-order chi connectivity index (χ1) is 8.54. The molecule has 2 rings (SSSR count). The van der Waals surface area contributed by atoms with Crippen molar-refractivity contribution in [2.45, 2.75) is 18.0 Å². The van der Waals surface area contributed by atoms with E-state index >= 15 is 0 Å². The number of rotatable bonds is 5. The second kappa shape index (κ2) is 5.19. The lowest BCUT2D eigenvalue weighted by Gasteiger charge is -2.07. The number of hydrogen-bond donors (Lipinski definition) is 2. The van der Waals surface area contributed by atoms with E-state index in [4.69, 9.17) is 5.11 Å². The number of thiophene rings is 1. The molecule has 0 bridgehead atoms. The van der Waals surface area contributed by atoms with E-state index in [9.17, 15) is 8.42 Å². The van der Waals surface area contributed by atoms with Crippen LogP contribution in [0.1, 0.15) is 10.6 Å². The topological polar surface area (TPSA) is 84.2 Å². The van der Waals surface area contributed by atoms with E-state index in [1.165, 1.54) is 17.4 Å². The van der Waals surface area contributed by atoms with Crippen LogP contribution >= 0.6 is 11.3 Å². The molecule has 98 valence electrons. The Labute approximate surface area is 109 Å². The average molecular weight is 287 g/mol. The number of hydrogen-bond acceptors (Lipinski definition) is 5. The summed E-state index contributed by atoms with van der Waals surface area (Å²) in [4.78, 5) is 0.574. The highest BCUT2D eigenvalue weighted by Crippen LogP contribution is 2.21. The van der Waals surface area contributed by atoms with E-state index < -0.39 is 10.0 Å². The minimum atomic E-state index is -3.59. The zero-order valence-electron chi connectivity index (χ0n) is 9.70. The Bertz CT molecular complexity index is 630. The zero-order chi connectivity index (χ0) is 13.2. The first-order valence-electron chi connectivity index (χ1n) is 5.18. The Balaban J connectivity index is 2.16. The van der Waals surface area contributed by atoms with Gasteiger partial charge >= 0.3 is 0 Å². The van der Waals surface area contributed by atoms with Crippen molar-refractivity contribution in [1.29, 1.82) is 0 Å². The van der Waals surface area contributed by atoms with Gasteiger partial charge in [-0.15, -0.1) is 11.3 Å². The molecule has 8 heteroatoms. The Morgan fingerprint density at radius 1 is 1.50 bits per heavy atom. The van der Waals surface area contributed by atoms with Crippen molar-refractivity contribution in [2.75, 3.05) is 0 Å². The molecule has 0 saturated heterocycles. The van der Waals surface area contributed by atoms with Crippen LogP contribution in [0, 0.1) is 0 Å². The Hall–Kier alpha value is -1.22. The first kappa shape index (κ1) is 13.2. The van der Waals surface area contributed by atoms with Crippen LogP contribution in [0.5, 0.6) is 0 Å². The lowest BCUT2D eigenvalue weighted by atomic mass is 10.4. The zero-order valence-corrected chi connectivity index (χ0v) is 11.3. The Kier molecular flexibility index (Phi) is 3.81. The molecule has 2 N–H and O–H groups in total. The molecule has 2 aromatic heterocycles. The lowest BCUT2D eigenvalue weighted by molar-refractivity contribution is 0.282. The second-order valence-electron chi connectivity index (χ2n) is 3.64. The van der Waals surface area contributed by atoms with E-state index in [1.54, 1.807) is 29.4 Å². The molecular formula is C10H13N3O3S2. The largest absolute Gasteiger partial charge is 0.391 e. The van der Waals surface area contributed by atoms with Crippen molar-refractivity contribution in [3.8, 4) is 0 Å². The van der Waals surface area contributed by atoms with Crippen LogP contribution in [0.4, 0.5) is 0 Å². The first-order valence-corrected chi connectivity index (χ1v) is 7.54. The van der Waals surface area contributed by atoms with Gasteiger partial charge in [-0.1, -0.05) is 0 Å². The van der Waals surface area contributed by atoms with Gasteiger partial charge < -0.3 is 5.11 Å². The summed E-state index contributed by atoms with van der Waals surface area (Å²) in [6.07, 6.45) is 1.60. The van der Waals surface area contributed by atoms with Crippen LogP contribution in [-0.2, 0) is 30.2 Å². The van der Waals surface area contributed by atoms with E-state index in [0.717, 1.165) is 5.69 Å². The number of aromatic nitrogens is 2. The summed E-state index contributed by atoms with van der Waals surface area (Å²) in [5, 5.41) is 14.7. The lowest BCUT2D eigenvalue weighted by Crippen LogP contribution is -2.24. The Morgan fingerprint density at radius 2 is 2.28 bits per heavy atom. The Morgan fingerprint density at radius 3 is 2.89 bits per heavy atom. The minimum Gasteiger partial charge on any atom is -0.391 e. The molecular weight excluding hydrogens is 274 g/mol. The van der Waals surface area contributed by atoms with Crippen LogP contribution < -0.4 is 4.72 Å². The summed E-state index contributed by atoms with van der Waals surface area (Å²) in [6.45, 7) is -0.112. The summed E-state index contributed by atoms with van der Waals surface area (Å²) in [5.74, 6) is 0. The van der Waals surface area contributed by atoms with Crippen molar-refractivity contribution in [3.05, 3.63) is 34.3 Å². The minimum absolute atomic E-state index is 0.136. The van der Waals surface area contributed by atoms with Crippen molar-refractivity contribution in [1.82, 2.24) is 14.5 Å². The fraction of sp³-hybridized carbons (Fsp3) is 0.300. The molecule has 2 aromatic rings. The van der Waals surface area contributed by atoms with Crippen LogP contribution in [0.2, 0.25) is 0 Å². The normalized spacial score (nSPS) is 11.9. The van der Waals surface area contributed by atoms with Gasteiger partial charge in [0.25, 0.3) is 0 Å². The molecule has 0 aliphatic heterocycles. The highest BCUT2D eigenvalue weighted by atomic mass is 32.2. The molecule has 6 nitrogen and oxygen atoms in total. The van der Waals surface area contributed by atoms with E-state index in [1.807, 2.05) is 0 Å². The number of aryl methyl sites for hydroxylation is 1. The fourth-order valence-electron chi connectivity index (χ4n) is 1.51. The van der Waals surface area contributed by atoms with Gasteiger partial charge in [0.2, 0.25) is 10.0 Å². The van der Waals surface area contributed by atoms with Crippen molar-refractivity contribution >= 4 is 21.4 Å². The van der Waals surface area contributed by atoms with Crippen LogP contribution in [0.25, 0.3) is 0 Å². The molecule has 0 aliphatic rings. The molecule has 0 atom stereocenters. The number of sulfonamides is 1. The molecule has 0 aliphatic carbocycles. The fourth-order valence-corrected chi connectivity index (χ4v) is 3.80. The van der Waals surface area contributed by atoms with Crippen molar-refractivity contribution in [2.24, 2.45) is 7.05 Å². The quantitative estimate of drug-likeness (QED) is 0.836. The van der Waals surface area contributed by atoms with Gasteiger partial charge in [0.1, 0.15) is 0 Å². The predicted octanol–water partition coefficient (Wildman–Crippen LogP) is 0.452. The predicted molar refractivity (Wildman–Crippen MR) is 67.5 cm³/mol. The summed E-state index contributed by atoms with van der Waals surface area (Å²) in [6, 6.07) is 3.23. The van der Waals surface area contributed by atoms with E-state index in [0.29, 0.717) is 4.88 Å². The van der Waals surface area contributed by atoms with Gasteiger partial charge in [0, 0.05) is 18.1 Å². The summed E-state index contributed by atoms with van der Waals surface area (Å²) in [5.41, 5.74) is 0.763. The molecule has 0 amide bonds. The molecule has 0 saturated carbocycles. The summed E-state index contributed by atoms with van der Waals surface area (Å²) in [7, 11) is -1.85. The third-order valence-corrected chi connectivity index (χ3v) is 5.02. The highest BCUT2D eigenvalue weighted by molar-refractivity contribution is 7.89. The summed E-state index contributed by atoms with van der Waals surface area (Å²) >= 11 is 1.22. The number of aliphatic hydroxyl groups excluding tert-OH is 1. The average Bonchev–Trinajstić information content (AvgIpc) is 2.95. The van der Waals surface area contributed by atoms with Gasteiger partial charge in [-0.25, -0.2) is 13.1 Å². The number of nitrogens with one attached hydrogen (secondary N) is 1. The SMILES string of the molecule is Cn1nccc1CNS(=O)(=O)c1ccsc1CO. The maximum atomic E-state index is 12.0. The van der Waals surface area contributed by atoms with Gasteiger partial charge in [-0.05, 0) is 17.5 Å². The standard InChI is InChI=1S/C10H13N3O3S2/c1-13-8(2-4-11-13)6-12-18(15,16)10-3-5-17-9(10)7-14/h2-5,12,14H,6-7H2,1H3. The van der Waals surface area contributed by atoms with E-state index in [-0.39, 0.29) is 18.0 Å². The molecule has 0 radical (unpaired) electrons. The third kappa shape index (κ3) is 2.61. The molecule has 0 aromatic carbocycles. The van der Waals surface area contributed by atoms with Crippen molar-refractivity contribution < 1.29 is 13.5 Å². The van der Waals surface area contributed by atoms with Gasteiger partial charge in [-0.2, -0.15) is 5.10 Å². The third-order valence-electron chi connectivity index (χ3n) is 2.50. The maximum Gasteiger partial charge on any atom is 0.242 e. The van der Waals surface area contributed by atoms with Crippen LogP contribution in [-0.4, -0.2) is 23.3 Å². The van der Waals surface area contributed by atoms with Crippen LogP contribution in [0.15, 0.2) is 28.6 Å².